The number of urea groups is 1. The standard InChI is InChI=1S/C32H37ClN6O4S/c1-19-18-23-27(25(20-8-10-21(33)11-9-20)24(19)26(29(40)42-7)43-32(2,3)4)44-28(35-23)22-12-13-34-30(36-22)38-14-16-39(17-15-38)31(41)37(5)6/h8-13,18,26H,14-17H2,1-7H3. The number of esters is 1. The smallest absolute Gasteiger partial charge is 0.339 e. The normalized spacial score (nSPS) is 14.5. The van der Waals surface area contributed by atoms with Crippen molar-refractivity contribution in [3.63, 3.8) is 0 Å². The number of benzene rings is 2. The van der Waals surface area contributed by atoms with Crippen molar-refractivity contribution in [3.8, 4) is 21.8 Å². The van der Waals surface area contributed by atoms with Gasteiger partial charge >= 0.3 is 12.0 Å². The molecule has 2 aromatic heterocycles. The number of aryl methyl sites for hydroxylation is 1. The van der Waals surface area contributed by atoms with Gasteiger partial charge in [0, 0.05) is 62.6 Å². The van der Waals surface area contributed by atoms with Crippen molar-refractivity contribution < 1.29 is 19.1 Å². The molecule has 1 aliphatic rings. The molecule has 10 nitrogen and oxygen atoms in total. The van der Waals surface area contributed by atoms with Gasteiger partial charge < -0.3 is 24.2 Å². The van der Waals surface area contributed by atoms with Crippen molar-refractivity contribution in [1.29, 1.82) is 0 Å². The van der Waals surface area contributed by atoms with Gasteiger partial charge in [-0.25, -0.2) is 24.5 Å². The molecule has 0 spiro atoms. The molecule has 1 atom stereocenters. The van der Waals surface area contributed by atoms with E-state index in [1.807, 2.05) is 69.0 Å². The molecule has 1 unspecified atom stereocenters. The number of thiazole rings is 1. The van der Waals surface area contributed by atoms with Crippen molar-refractivity contribution in [1.82, 2.24) is 24.8 Å². The van der Waals surface area contributed by atoms with Crippen LogP contribution in [-0.4, -0.2) is 89.7 Å². The highest BCUT2D eigenvalue weighted by molar-refractivity contribution is 7.22. The zero-order valence-electron chi connectivity index (χ0n) is 26.0. The predicted octanol–water partition coefficient (Wildman–Crippen LogP) is 6.21. The van der Waals surface area contributed by atoms with E-state index in [0.717, 1.165) is 37.5 Å². The minimum atomic E-state index is -0.954. The minimum Gasteiger partial charge on any atom is -0.467 e. The number of rotatable bonds is 6. The number of nitrogens with zero attached hydrogens (tertiary/aromatic N) is 6. The SMILES string of the molecule is COC(=O)C(OC(C)(C)C)c1c(C)cc2nc(-c3ccnc(N4CCN(C(=O)N(C)C)CC4)n3)sc2c1-c1ccc(Cl)cc1. The molecule has 0 aliphatic carbocycles. The molecule has 1 saturated heterocycles. The maximum atomic E-state index is 13.2. The third kappa shape index (κ3) is 6.64. The van der Waals surface area contributed by atoms with E-state index in [0.29, 0.717) is 42.8 Å². The monoisotopic (exact) mass is 636 g/mol. The summed E-state index contributed by atoms with van der Waals surface area (Å²) in [6.45, 7) is 10.2. The van der Waals surface area contributed by atoms with E-state index in [4.69, 9.17) is 31.0 Å². The molecule has 0 saturated carbocycles. The number of amides is 2. The second-order valence-electron chi connectivity index (χ2n) is 11.9. The van der Waals surface area contributed by atoms with Gasteiger partial charge in [0.05, 0.1) is 22.9 Å². The Kier molecular flexibility index (Phi) is 9.10. The van der Waals surface area contributed by atoms with E-state index >= 15 is 0 Å². The van der Waals surface area contributed by atoms with Gasteiger partial charge in [-0.05, 0) is 63.1 Å². The summed E-state index contributed by atoms with van der Waals surface area (Å²) in [7, 11) is 4.89. The fourth-order valence-electron chi connectivity index (χ4n) is 5.25. The lowest BCUT2D eigenvalue weighted by atomic mass is 9.91. The Labute approximate surface area is 266 Å². The summed E-state index contributed by atoms with van der Waals surface area (Å²) in [5, 5.41) is 1.34. The largest absolute Gasteiger partial charge is 0.467 e. The van der Waals surface area contributed by atoms with Gasteiger partial charge in [-0.1, -0.05) is 23.7 Å². The molecule has 1 aliphatic heterocycles. The molecule has 0 radical (unpaired) electrons. The fraction of sp³-hybridized carbons (Fsp3) is 0.406. The number of ether oxygens (including phenoxy) is 2. The molecule has 3 heterocycles. The first-order valence-corrected chi connectivity index (χ1v) is 15.6. The number of methoxy groups -OCH3 is 1. The zero-order chi connectivity index (χ0) is 31.8. The number of hydrogen-bond acceptors (Lipinski definition) is 9. The van der Waals surface area contributed by atoms with Crippen molar-refractivity contribution in [3.05, 3.63) is 58.7 Å². The summed E-state index contributed by atoms with van der Waals surface area (Å²) in [4.78, 5) is 45.5. The average Bonchev–Trinajstić information content (AvgIpc) is 3.42. The first-order chi connectivity index (χ1) is 20.9. The molecule has 1 fully saturated rings. The molecule has 232 valence electrons. The Balaban J connectivity index is 1.59. The number of carbonyl (C=O) groups excluding carboxylic acids is 2. The first kappa shape index (κ1) is 31.6. The van der Waals surface area contributed by atoms with Gasteiger partial charge in [-0.2, -0.15) is 0 Å². The van der Waals surface area contributed by atoms with Crippen LogP contribution in [0.2, 0.25) is 5.02 Å². The van der Waals surface area contributed by atoms with E-state index < -0.39 is 17.7 Å². The van der Waals surface area contributed by atoms with E-state index in [1.54, 1.807) is 25.2 Å². The maximum Gasteiger partial charge on any atom is 0.339 e. The molecular formula is C32H37ClN6O4S. The van der Waals surface area contributed by atoms with Crippen LogP contribution in [0, 0.1) is 6.92 Å². The molecule has 12 heteroatoms. The van der Waals surface area contributed by atoms with Gasteiger partial charge in [0.2, 0.25) is 5.95 Å². The molecule has 44 heavy (non-hydrogen) atoms. The number of fused-ring (bicyclic) bond motifs is 1. The third-order valence-electron chi connectivity index (χ3n) is 7.29. The molecule has 4 aromatic rings. The highest BCUT2D eigenvalue weighted by atomic mass is 35.5. The van der Waals surface area contributed by atoms with E-state index in [1.165, 1.54) is 18.4 Å². The van der Waals surface area contributed by atoms with Crippen LogP contribution >= 0.6 is 22.9 Å². The Morgan fingerprint density at radius 3 is 2.34 bits per heavy atom. The molecule has 2 amide bonds. The second kappa shape index (κ2) is 12.7. The van der Waals surface area contributed by atoms with Crippen molar-refractivity contribution in [2.45, 2.75) is 39.4 Å². The molecule has 2 aromatic carbocycles. The number of hydrogen-bond donors (Lipinski definition) is 0. The summed E-state index contributed by atoms with van der Waals surface area (Å²) in [5.41, 5.74) is 4.17. The highest BCUT2D eigenvalue weighted by Gasteiger charge is 2.33. The quantitative estimate of drug-likeness (QED) is 0.230. The Bertz CT molecular complexity index is 1680. The Hall–Kier alpha value is -3.80. The maximum absolute atomic E-state index is 13.2. The number of carbonyl (C=O) groups is 2. The number of anilines is 1. The van der Waals surface area contributed by atoms with Gasteiger partial charge in [-0.3, -0.25) is 0 Å². The average molecular weight is 637 g/mol. The summed E-state index contributed by atoms with van der Waals surface area (Å²) >= 11 is 7.76. The summed E-state index contributed by atoms with van der Waals surface area (Å²) < 4.78 is 12.4. The minimum absolute atomic E-state index is 0.00212. The number of halogens is 1. The summed E-state index contributed by atoms with van der Waals surface area (Å²) in [6.07, 6.45) is 0.784. The van der Waals surface area contributed by atoms with E-state index in [9.17, 15) is 9.59 Å². The predicted molar refractivity (Wildman–Crippen MR) is 174 cm³/mol. The Morgan fingerprint density at radius 2 is 1.73 bits per heavy atom. The molecule has 0 N–H and O–H groups in total. The van der Waals surface area contributed by atoms with Gasteiger partial charge in [0.25, 0.3) is 0 Å². The second-order valence-corrected chi connectivity index (χ2v) is 13.3. The molecule has 5 rings (SSSR count). The topological polar surface area (TPSA) is 101 Å². The number of piperazine rings is 1. The lowest BCUT2D eigenvalue weighted by molar-refractivity contribution is -0.164. The highest BCUT2D eigenvalue weighted by Crippen LogP contribution is 2.44. The summed E-state index contributed by atoms with van der Waals surface area (Å²) in [6, 6.07) is 11.4. The van der Waals surface area contributed by atoms with Crippen molar-refractivity contribution in [2.24, 2.45) is 0 Å². The molecular weight excluding hydrogens is 600 g/mol. The lowest BCUT2D eigenvalue weighted by Gasteiger charge is -2.35. The van der Waals surface area contributed by atoms with Gasteiger partial charge in [0.1, 0.15) is 10.7 Å². The van der Waals surface area contributed by atoms with Crippen molar-refractivity contribution >= 4 is 51.1 Å². The van der Waals surface area contributed by atoms with Crippen LogP contribution in [0.4, 0.5) is 10.7 Å². The van der Waals surface area contributed by atoms with Crippen LogP contribution in [-0.2, 0) is 14.3 Å². The van der Waals surface area contributed by atoms with Gasteiger partial charge in [-0.15, -0.1) is 11.3 Å². The van der Waals surface area contributed by atoms with Crippen LogP contribution in [0.15, 0.2) is 42.6 Å². The number of aromatic nitrogens is 3. The zero-order valence-corrected chi connectivity index (χ0v) is 27.6. The van der Waals surface area contributed by atoms with Crippen LogP contribution in [0.5, 0.6) is 0 Å². The first-order valence-electron chi connectivity index (χ1n) is 14.4. The third-order valence-corrected chi connectivity index (χ3v) is 8.65. The lowest BCUT2D eigenvalue weighted by Crippen LogP contribution is -2.51. The van der Waals surface area contributed by atoms with Crippen LogP contribution in [0.3, 0.4) is 0 Å². The molecule has 0 bridgehead atoms. The fourth-order valence-corrected chi connectivity index (χ4v) is 6.47. The van der Waals surface area contributed by atoms with E-state index in [-0.39, 0.29) is 6.03 Å². The Morgan fingerprint density at radius 1 is 1.05 bits per heavy atom. The van der Waals surface area contributed by atoms with Crippen LogP contribution in [0.25, 0.3) is 32.0 Å². The van der Waals surface area contributed by atoms with Crippen molar-refractivity contribution in [2.75, 3.05) is 52.3 Å². The summed E-state index contributed by atoms with van der Waals surface area (Å²) in [5.74, 6) is 0.119. The van der Waals surface area contributed by atoms with E-state index in [2.05, 4.69) is 9.88 Å². The van der Waals surface area contributed by atoms with Gasteiger partial charge in [0.15, 0.2) is 6.10 Å². The van der Waals surface area contributed by atoms with Crippen LogP contribution < -0.4 is 4.90 Å². The van der Waals surface area contributed by atoms with Crippen LogP contribution in [0.1, 0.15) is 38.0 Å².